The Balaban J connectivity index is 2.32. The van der Waals surface area contributed by atoms with E-state index in [-0.39, 0.29) is 0 Å². The molecule has 0 N–H and O–H groups in total. The SMILES string of the molecule is Cc1cccc(C(Br)c2cccs2)c1. The van der Waals surface area contributed by atoms with Crippen LogP contribution in [0.1, 0.15) is 20.8 Å². The highest BCUT2D eigenvalue weighted by atomic mass is 79.9. The minimum atomic E-state index is 0.336. The van der Waals surface area contributed by atoms with E-state index in [0.717, 1.165) is 0 Å². The van der Waals surface area contributed by atoms with Gasteiger partial charge in [0.2, 0.25) is 0 Å². The molecule has 1 aromatic carbocycles. The Morgan fingerprint density at radius 1 is 1.21 bits per heavy atom. The zero-order chi connectivity index (χ0) is 9.97. The fourth-order valence-corrected chi connectivity index (χ4v) is 2.92. The average Bonchev–Trinajstić information content (AvgIpc) is 2.69. The molecule has 0 saturated heterocycles. The fourth-order valence-electron chi connectivity index (χ4n) is 1.43. The van der Waals surface area contributed by atoms with Gasteiger partial charge in [-0.05, 0) is 23.9 Å². The molecule has 0 bridgehead atoms. The van der Waals surface area contributed by atoms with Crippen LogP contribution in [0.2, 0.25) is 0 Å². The van der Waals surface area contributed by atoms with Crippen LogP contribution in [0, 0.1) is 6.92 Å². The highest BCUT2D eigenvalue weighted by Crippen LogP contribution is 2.33. The van der Waals surface area contributed by atoms with Crippen LogP contribution in [-0.4, -0.2) is 0 Å². The van der Waals surface area contributed by atoms with E-state index in [4.69, 9.17) is 0 Å². The second-order valence-corrected chi connectivity index (χ2v) is 5.19. The van der Waals surface area contributed by atoms with E-state index in [1.807, 2.05) is 0 Å². The molecule has 72 valence electrons. The first-order valence-corrected chi connectivity index (χ1v) is 6.31. The number of thiophene rings is 1. The summed E-state index contributed by atoms with van der Waals surface area (Å²) in [4.78, 5) is 1.69. The third-order valence-corrected chi connectivity index (χ3v) is 4.39. The molecular formula is C12H11BrS. The predicted octanol–water partition coefficient (Wildman–Crippen LogP) is 4.54. The Bertz CT molecular complexity index is 406. The van der Waals surface area contributed by atoms with E-state index in [1.54, 1.807) is 11.3 Å². The molecule has 2 rings (SSSR count). The minimum Gasteiger partial charge on any atom is -0.147 e. The molecule has 0 fully saturated rings. The maximum Gasteiger partial charge on any atom is 0.0738 e. The van der Waals surface area contributed by atoms with Crippen LogP contribution in [0.25, 0.3) is 0 Å². The first kappa shape index (κ1) is 9.94. The molecule has 1 heterocycles. The van der Waals surface area contributed by atoms with Gasteiger partial charge in [0.25, 0.3) is 0 Å². The molecule has 1 atom stereocenters. The highest BCUT2D eigenvalue weighted by Gasteiger charge is 2.10. The van der Waals surface area contributed by atoms with Crippen LogP contribution in [0.4, 0.5) is 0 Å². The lowest BCUT2D eigenvalue weighted by Gasteiger charge is -2.08. The normalized spacial score (nSPS) is 12.7. The van der Waals surface area contributed by atoms with E-state index < -0.39 is 0 Å². The van der Waals surface area contributed by atoms with Gasteiger partial charge in [0.15, 0.2) is 0 Å². The number of hydrogen-bond acceptors (Lipinski definition) is 1. The van der Waals surface area contributed by atoms with Crippen molar-refractivity contribution in [3.63, 3.8) is 0 Å². The van der Waals surface area contributed by atoms with Gasteiger partial charge < -0.3 is 0 Å². The van der Waals surface area contributed by atoms with E-state index in [1.165, 1.54) is 16.0 Å². The number of halogens is 1. The van der Waals surface area contributed by atoms with E-state index in [0.29, 0.717) is 4.83 Å². The smallest absolute Gasteiger partial charge is 0.0738 e. The number of alkyl halides is 1. The topological polar surface area (TPSA) is 0 Å². The number of rotatable bonds is 2. The second kappa shape index (κ2) is 4.28. The molecule has 0 aliphatic rings. The highest BCUT2D eigenvalue weighted by molar-refractivity contribution is 9.09. The molecule has 0 saturated carbocycles. The quantitative estimate of drug-likeness (QED) is 0.701. The monoisotopic (exact) mass is 266 g/mol. The van der Waals surface area contributed by atoms with Crippen LogP contribution in [0.3, 0.4) is 0 Å². The lowest BCUT2D eigenvalue weighted by Crippen LogP contribution is -1.89. The van der Waals surface area contributed by atoms with Crippen molar-refractivity contribution >= 4 is 27.3 Å². The molecular weight excluding hydrogens is 256 g/mol. The van der Waals surface area contributed by atoms with Gasteiger partial charge in [0, 0.05) is 4.88 Å². The second-order valence-electron chi connectivity index (χ2n) is 3.29. The van der Waals surface area contributed by atoms with Gasteiger partial charge in [-0.2, -0.15) is 0 Å². The van der Waals surface area contributed by atoms with Crippen LogP contribution < -0.4 is 0 Å². The van der Waals surface area contributed by atoms with Crippen molar-refractivity contribution in [1.29, 1.82) is 0 Å². The molecule has 1 aromatic heterocycles. The summed E-state index contributed by atoms with van der Waals surface area (Å²) in [6.07, 6.45) is 0. The first-order chi connectivity index (χ1) is 6.77. The van der Waals surface area contributed by atoms with Gasteiger partial charge in [0.1, 0.15) is 0 Å². The molecule has 14 heavy (non-hydrogen) atoms. The average molecular weight is 267 g/mol. The molecule has 2 heteroatoms. The Hall–Kier alpha value is -0.600. The number of benzene rings is 1. The molecule has 0 nitrogen and oxygen atoms in total. The minimum absolute atomic E-state index is 0.336. The van der Waals surface area contributed by atoms with Crippen LogP contribution in [0.5, 0.6) is 0 Å². The zero-order valence-electron chi connectivity index (χ0n) is 7.91. The summed E-state index contributed by atoms with van der Waals surface area (Å²) in [7, 11) is 0. The molecule has 0 aliphatic carbocycles. The van der Waals surface area contributed by atoms with Crippen molar-refractivity contribution in [2.75, 3.05) is 0 Å². The molecule has 1 unspecified atom stereocenters. The third-order valence-electron chi connectivity index (χ3n) is 2.13. The summed E-state index contributed by atoms with van der Waals surface area (Å²) in [5.74, 6) is 0. The van der Waals surface area contributed by atoms with Crippen molar-refractivity contribution in [3.8, 4) is 0 Å². The summed E-state index contributed by atoms with van der Waals surface area (Å²) in [5.41, 5.74) is 2.64. The van der Waals surface area contributed by atoms with Crippen molar-refractivity contribution in [3.05, 3.63) is 57.8 Å². The summed E-state index contributed by atoms with van der Waals surface area (Å²) < 4.78 is 0. The van der Waals surface area contributed by atoms with Gasteiger partial charge in [0.05, 0.1) is 4.83 Å². The maximum atomic E-state index is 3.72. The van der Waals surface area contributed by atoms with Crippen LogP contribution in [0.15, 0.2) is 41.8 Å². The van der Waals surface area contributed by atoms with Gasteiger partial charge in [-0.1, -0.05) is 51.8 Å². The predicted molar refractivity (Wildman–Crippen MR) is 66.3 cm³/mol. The zero-order valence-corrected chi connectivity index (χ0v) is 10.3. The summed E-state index contributed by atoms with van der Waals surface area (Å²) in [6.45, 7) is 2.12. The van der Waals surface area contributed by atoms with Gasteiger partial charge >= 0.3 is 0 Å². The summed E-state index contributed by atoms with van der Waals surface area (Å²) in [5, 5.41) is 2.11. The van der Waals surface area contributed by atoms with Crippen molar-refractivity contribution < 1.29 is 0 Å². The van der Waals surface area contributed by atoms with E-state index >= 15 is 0 Å². The standard InChI is InChI=1S/C12H11BrS/c1-9-4-2-5-10(8-9)12(13)11-6-3-7-14-11/h2-8,12H,1H3. The first-order valence-electron chi connectivity index (χ1n) is 4.51. The lowest BCUT2D eigenvalue weighted by molar-refractivity contribution is 1.21. The van der Waals surface area contributed by atoms with Crippen molar-refractivity contribution in [2.24, 2.45) is 0 Å². The van der Waals surface area contributed by atoms with E-state index in [9.17, 15) is 0 Å². The van der Waals surface area contributed by atoms with Gasteiger partial charge in [-0.3, -0.25) is 0 Å². The Kier molecular flexibility index (Phi) is 3.04. The van der Waals surface area contributed by atoms with Crippen molar-refractivity contribution in [1.82, 2.24) is 0 Å². The third kappa shape index (κ3) is 2.07. The van der Waals surface area contributed by atoms with Crippen LogP contribution in [-0.2, 0) is 0 Å². The lowest BCUT2D eigenvalue weighted by atomic mass is 10.1. The largest absolute Gasteiger partial charge is 0.147 e. The summed E-state index contributed by atoms with van der Waals surface area (Å²) in [6, 6.07) is 12.9. The Morgan fingerprint density at radius 3 is 2.71 bits per heavy atom. The van der Waals surface area contributed by atoms with Gasteiger partial charge in [-0.15, -0.1) is 11.3 Å². The molecule has 2 aromatic rings. The van der Waals surface area contributed by atoms with Crippen molar-refractivity contribution in [2.45, 2.75) is 11.8 Å². The number of aryl methyl sites for hydroxylation is 1. The molecule has 0 aliphatic heterocycles. The molecule has 0 radical (unpaired) electrons. The molecule has 0 spiro atoms. The summed E-state index contributed by atoms with van der Waals surface area (Å²) >= 11 is 5.50. The Morgan fingerprint density at radius 2 is 2.07 bits per heavy atom. The molecule has 0 amide bonds. The number of hydrogen-bond donors (Lipinski definition) is 0. The maximum absolute atomic E-state index is 3.72. The Labute approximate surface area is 96.7 Å². The van der Waals surface area contributed by atoms with Crippen LogP contribution >= 0.6 is 27.3 Å². The van der Waals surface area contributed by atoms with Gasteiger partial charge in [-0.25, -0.2) is 0 Å². The fraction of sp³-hybridized carbons (Fsp3) is 0.167. The van der Waals surface area contributed by atoms with E-state index in [2.05, 4.69) is 64.6 Å².